The summed E-state index contributed by atoms with van der Waals surface area (Å²) < 4.78 is 58.6. The number of ether oxygens (including phenoxy) is 3. The van der Waals surface area contributed by atoms with Gasteiger partial charge in [-0.3, -0.25) is 4.55 Å². The van der Waals surface area contributed by atoms with Crippen LogP contribution in [-0.2, 0) is 16.7 Å². The summed E-state index contributed by atoms with van der Waals surface area (Å²) in [6, 6.07) is 20.6. The molecule has 206 valence electrons. The van der Waals surface area contributed by atoms with E-state index < -0.39 is 15.0 Å². The van der Waals surface area contributed by atoms with Crippen LogP contribution in [0.2, 0.25) is 0 Å². The van der Waals surface area contributed by atoms with Crippen molar-refractivity contribution in [3.63, 3.8) is 0 Å². The van der Waals surface area contributed by atoms with Gasteiger partial charge in [-0.05, 0) is 30.3 Å². The number of methoxy groups -OCH3 is 3. The van der Waals surface area contributed by atoms with Crippen LogP contribution in [-0.4, -0.2) is 39.3 Å². The number of aromatic nitrogens is 2. The molecule has 0 aliphatic rings. The first-order chi connectivity index (χ1) is 19.3. The lowest BCUT2D eigenvalue weighted by Gasteiger charge is -2.12. The zero-order chi connectivity index (χ0) is 28.4. The van der Waals surface area contributed by atoms with Crippen LogP contribution in [0.15, 0.2) is 82.2 Å². The van der Waals surface area contributed by atoms with Gasteiger partial charge in [0.15, 0.2) is 5.76 Å². The molecule has 40 heavy (non-hydrogen) atoms. The molecule has 0 fully saturated rings. The maximum absolute atomic E-state index is 12.1. The van der Waals surface area contributed by atoms with Crippen LogP contribution in [0.1, 0.15) is 13.3 Å². The molecule has 0 saturated heterocycles. The molecule has 0 spiro atoms. The highest BCUT2D eigenvalue weighted by Gasteiger charge is 2.26. The van der Waals surface area contributed by atoms with E-state index in [9.17, 15) is 13.0 Å². The Bertz CT molecular complexity index is 1800. The Balaban J connectivity index is 1.76. The number of oxazole rings is 1. The van der Waals surface area contributed by atoms with Crippen LogP contribution in [0.25, 0.3) is 44.9 Å². The molecular formula is C30H29N2O7S+. The van der Waals surface area contributed by atoms with Gasteiger partial charge in [-0.15, -0.1) is 0 Å². The molecule has 0 radical (unpaired) electrons. The predicted octanol–water partition coefficient (Wildman–Crippen LogP) is 5.80. The van der Waals surface area contributed by atoms with E-state index in [0.717, 1.165) is 40.7 Å². The molecule has 0 unspecified atom stereocenters. The van der Waals surface area contributed by atoms with Gasteiger partial charge >= 0.3 is 0 Å². The van der Waals surface area contributed by atoms with Crippen molar-refractivity contribution in [2.24, 2.45) is 0 Å². The van der Waals surface area contributed by atoms with Gasteiger partial charge in [-0.25, -0.2) is 4.98 Å². The molecule has 0 aliphatic carbocycles. The number of aryl methyl sites for hydroxylation is 1. The third kappa shape index (κ3) is 4.99. The molecule has 10 heteroatoms. The summed E-state index contributed by atoms with van der Waals surface area (Å²) in [5, 5.41) is 0.876. The van der Waals surface area contributed by atoms with Crippen molar-refractivity contribution in [1.82, 2.24) is 4.98 Å². The summed E-state index contributed by atoms with van der Waals surface area (Å²) in [6.07, 6.45) is 2.43. The molecule has 0 aliphatic heterocycles. The molecule has 2 aromatic heterocycles. The topological polar surface area (TPSA) is 112 Å². The summed E-state index contributed by atoms with van der Waals surface area (Å²) >= 11 is 0. The van der Waals surface area contributed by atoms with Crippen molar-refractivity contribution < 1.29 is 36.2 Å². The molecule has 5 rings (SSSR count). The highest BCUT2D eigenvalue weighted by atomic mass is 32.2. The van der Waals surface area contributed by atoms with E-state index in [0.29, 0.717) is 11.6 Å². The molecule has 0 bridgehead atoms. The number of hydrogen-bond acceptors (Lipinski definition) is 7. The average molecular weight is 562 g/mol. The molecular weight excluding hydrogens is 532 g/mol. The van der Waals surface area contributed by atoms with Crippen LogP contribution >= 0.6 is 0 Å². The summed E-state index contributed by atoms with van der Waals surface area (Å²) in [5.74, 6) is 1.49. The van der Waals surface area contributed by atoms with E-state index in [4.69, 9.17) is 18.6 Å². The van der Waals surface area contributed by atoms with Crippen molar-refractivity contribution in [2.45, 2.75) is 24.8 Å². The first-order valence-electron chi connectivity index (χ1n) is 12.6. The highest BCUT2D eigenvalue weighted by Crippen LogP contribution is 2.40. The average Bonchev–Trinajstić information content (AvgIpc) is 3.46. The third-order valence-electron chi connectivity index (χ3n) is 6.64. The Morgan fingerprint density at radius 1 is 0.900 bits per heavy atom. The third-order valence-corrected chi connectivity index (χ3v) is 7.51. The van der Waals surface area contributed by atoms with Gasteiger partial charge in [0.05, 0.1) is 44.0 Å². The second-order valence-electron chi connectivity index (χ2n) is 9.05. The molecule has 3 aromatic carbocycles. The molecule has 0 atom stereocenters. The molecule has 0 amide bonds. The van der Waals surface area contributed by atoms with Crippen molar-refractivity contribution in [3.05, 3.63) is 72.9 Å². The first kappa shape index (κ1) is 27.2. The molecule has 1 N–H and O–H groups in total. The number of nitrogens with zero attached hydrogens (tertiary/aromatic N) is 2. The molecule has 2 heterocycles. The Labute approximate surface area is 232 Å². The quantitative estimate of drug-likeness (QED) is 0.178. The second-order valence-corrected chi connectivity index (χ2v) is 10.4. The lowest BCUT2D eigenvalue weighted by atomic mass is 10.0. The Morgan fingerprint density at radius 2 is 1.65 bits per heavy atom. The lowest BCUT2D eigenvalue weighted by molar-refractivity contribution is -0.660. The van der Waals surface area contributed by atoms with Gasteiger partial charge in [0.25, 0.3) is 10.1 Å². The zero-order valence-corrected chi connectivity index (χ0v) is 23.4. The van der Waals surface area contributed by atoms with Crippen molar-refractivity contribution in [3.8, 4) is 51.3 Å². The highest BCUT2D eigenvalue weighted by molar-refractivity contribution is 7.86. The van der Waals surface area contributed by atoms with Crippen LogP contribution in [0, 0.1) is 0 Å². The van der Waals surface area contributed by atoms with Crippen molar-refractivity contribution in [1.29, 1.82) is 0 Å². The van der Waals surface area contributed by atoms with Gasteiger partial charge in [-0.2, -0.15) is 13.0 Å². The van der Waals surface area contributed by atoms with Crippen LogP contribution in [0.4, 0.5) is 0 Å². The van der Waals surface area contributed by atoms with Crippen LogP contribution in [0.3, 0.4) is 0 Å². The van der Waals surface area contributed by atoms with Crippen molar-refractivity contribution in [2.75, 3.05) is 21.3 Å². The van der Waals surface area contributed by atoms with E-state index in [1.54, 1.807) is 7.11 Å². The lowest BCUT2D eigenvalue weighted by Crippen LogP contribution is -2.37. The minimum absolute atomic E-state index is 0.0584. The molecule has 9 nitrogen and oxygen atoms in total. The van der Waals surface area contributed by atoms with E-state index >= 15 is 0 Å². The summed E-state index contributed by atoms with van der Waals surface area (Å²) in [5.41, 5.74) is 4.03. The first-order valence-corrected chi connectivity index (χ1v) is 14.0. The fourth-order valence-electron chi connectivity index (χ4n) is 4.79. The van der Waals surface area contributed by atoms with Gasteiger partial charge in [-0.1, -0.05) is 25.1 Å². The van der Waals surface area contributed by atoms with E-state index in [-0.39, 0.29) is 22.8 Å². The summed E-state index contributed by atoms with van der Waals surface area (Å²) in [6.45, 7) is 2.93. The van der Waals surface area contributed by atoms with Gasteiger partial charge in [0.2, 0.25) is 17.1 Å². The summed E-state index contributed by atoms with van der Waals surface area (Å²) in [4.78, 5) is 4.16. The Morgan fingerprint density at radius 3 is 2.30 bits per heavy atom. The van der Waals surface area contributed by atoms with Crippen LogP contribution in [0.5, 0.6) is 17.2 Å². The molecule has 0 saturated carbocycles. The fourth-order valence-corrected chi connectivity index (χ4v) is 5.46. The monoisotopic (exact) mass is 561 g/mol. The standard InChI is InChI=1S/C30H28N2O7S/c1-5-13-32-24-12-11-20(36-2)14-21(24)22(15-25(32)19-9-7-6-8-10-19)30-31-18-28(39-30)23-16-29(40(33,34)35)27(38-4)17-26(23)37-3/h6-12,14-18H,5,13H2,1-4H3/p+1. The largest absolute Gasteiger partial charge is 0.497 e. The van der Waals surface area contributed by atoms with Gasteiger partial charge < -0.3 is 18.6 Å². The van der Waals surface area contributed by atoms with Gasteiger partial charge in [0.1, 0.15) is 28.7 Å². The minimum Gasteiger partial charge on any atom is -0.497 e. The van der Waals surface area contributed by atoms with E-state index in [2.05, 4.69) is 28.6 Å². The normalized spacial score (nSPS) is 11.5. The number of rotatable bonds is 9. The number of hydrogen-bond donors (Lipinski definition) is 1. The minimum atomic E-state index is -4.59. The fraction of sp³-hybridized carbons (Fsp3) is 0.200. The Kier molecular flexibility index (Phi) is 7.46. The Hall–Kier alpha value is -4.41. The smallest absolute Gasteiger partial charge is 0.298 e. The molecule has 5 aromatic rings. The predicted molar refractivity (Wildman–Crippen MR) is 150 cm³/mol. The number of benzene rings is 3. The van der Waals surface area contributed by atoms with Gasteiger partial charge in [0, 0.05) is 30.2 Å². The SMILES string of the molecule is CCC[n+]1c(-c2ccccc2)cc(-c2ncc(-c3cc(S(=O)(=O)O)c(OC)cc3OC)o2)c2cc(OC)ccc21. The maximum Gasteiger partial charge on any atom is 0.298 e. The van der Waals surface area contributed by atoms with E-state index in [1.807, 2.05) is 42.5 Å². The van der Waals surface area contributed by atoms with Crippen LogP contribution < -0.4 is 18.8 Å². The summed E-state index contributed by atoms with van der Waals surface area (Å²) in [7, 11) is -0.225. The van der Waals surface area contributed by atoms with E-state index in [1.165, 1.54) is 32.5 Å². The number of pyridine rings is 1. The second kappa shape index (κ2) is 11.0. The maximum atomic E-state index is 12.1. The zero-order valence-electron chi connectivity index (χ0n) is 22.5. The van der Waals surface area contributed by atoms with Crippen molar-refractivity contribution >= 4 is 21.0 Å². The number of fused-ring (bicyclic) bond motifs is 1.